The van der Waals surface area contributed by atoms with E-state index in [4.69, 9.17) is 4.74 Å². The van der Waals surface area contributed by atoms with Crippen LogP contribution in [0.1, 0.15) is 23.2 Å². The Bertz CT molecular complexity index is 479. The predicted molar refractivity (Wildman–Crippen MR) is 69.6 cm³/mol. The zero-order valence-corrected chi connectivity index (χ0v) is 11.4. The number of fused-ring (bicyclic) bond motifs is 2. The fraction of sp³-hybridized carbons (Fsp3) is 0.462. The van der Waals surface area contributed by atoms with Gasteiger partial charge in [-0.05, 0) is 47.0 Å². The Kier molecular flexibility index (Phi) is 3.03. The number of amides is 1. The first-order valence-electron chi connectivity index (χ1n) is 6.07. The monoisotopic (exact) mass is 311 g/mol. The van der Waals surface area contributed by atoms with E-state index in [1.165, 1.54) is 6.07 Å². The number of aromatic hydroxyl groups is 1. The van der Waals surface area contributed by atoms with Gasteiger partial charge in [-0.15, -0.1) is 0 Å². The van der Waals surface area contributed by atoms with E-state index in [0.29, 0.717) is 23.1 Å². The van der Waals surface area contributed by atoms with Crippen LogP contribution in [0.2, 0.25) is 0 Å². The van der Waals surface area contributed by atoms with E-state index >= 15 is 0 Å². The summed E-state index contributed by atoms with van der Waals surface area (Å²) < 4.78 is 6.30. The number of morpholine rings is 1. The van der Waals surface area contributed by atoms with Crippen LogP contribution in [0.3, 0.4) is 0 Å². The Morgan fingerprint density at radius 3 is 2.61 bits per heavy atom. The van der Waals surface area contributed by atoms with Crippen molar-refractivity contribution in [2.75, 3.05) is 13.1 Å². The highest BCUT2D eigenvalue weighted by Crippen LogP contribution is 2.29. The third kappa shape index (κ3) is 2.12. The lowest BCUT2D eigenvalue weighted by Crippen LogP contribution is -2.45. The number of halogens is 1. The molecule has 2 saturated heterocycles. The van der Waals surface area contributed by atoms with Gasteiger partial charge in [-0.3, -0.25) is 4.79 Å². The van der Waals surface area contributed by atoms with Crippen LogP contribution in [0.5, 0.6) is 5.75 Å². The molecule has 2 aliphatic rings. The third-order valence-electron chi connectivity index (χ3n) is 3.52. The van der Waals surface area contributed by atoms with E-state index < -0.39 is 0 Å². The van der Waals surface area contributed by atoms with Crippen LogP contribution < -0.4 is 0 Å². The molecule has 2 bridgehead atoms. The van der Waals surface area contributed by atoms with Gasteiger partial charge in [-0.2, -0.15) is 0 Å². The topological polar surface area (TPSA) is 49.8 Å². The highest BCUT2D eigenvalue weighted by molar-refractivity contribution is 9.10. The average molecular weight is 312 g/mol. The molecule has 5 heteroatoms. The summed E-state index contributed by atoms with van der Waals surface area (Å²) in [5, 5.41) is 9.62. The molecule has 0 radical (unpaired) electrons. The molecule has 1 amide bonds. The van der Waals surface area contributed by atoms with Crippen LogP contribution >= 0.6 is 15.9 Å². The van der Waals surface area contributed by atoms with E-state index in [9.17, 15) is 9.90 Å². The highest BCUT2D eigenvalue weighted by atomic mass is 79.9. The number of carbonyl (C=O) groups is 1. The lowest BCUT2D eigenvalue weighted by atomic mass is 10.1. The Morgan fingerprint density at radius 2 is 2.00 bits per heavy atom. The summed E-state index contributed by atoms with van der Waals surface area (Å²) in [6, 6.07) is 4.92. The number of nitrogens with zero attached hydrogens (tertiary/aromatic N) is 1. The van der Waals surface area contributed by atoms with Gasteiger partial charge in [-0.1, -0.05) is 0 Å². The summed E-state index contributed by atoms with van der Waals surface area (Å²) in [6.45, 7) is 1.32. The van der Waals surface area contributed by atoms with Gasteiger partial charge in [0.25, 0.3) is 5.91 Å². The zero-order chi connectivity index (χ0) is 12.7. The molecular weight excluding hydrogens is 298 g/mol. The number of phenolic OH excluding ortho intramolecular Hbond substituents is 1. The molecule has 2 aliphatic heterocycles. The maximum absolute atomic E-state index is 12.3. The number of hydrogen-bond donors (Lipinski definition) is 1. The van der Waals surface area contributed by atoms with Crippen molar-refractivity contribution in [2.24, 2.45) is 0 Å². The smallest absolute Gasteiger partial charge is 0.254 e. The molecule has 2 heterocycles. The summed E-state index contributed by atoms with van der Waals surface area (Å²) in [5.41, 5.74) is 0.525. The Balaban J connectivity index is 1.79. The lowest BCUT2D eigenvalue weighted by Gasteiger charge is -2.32. The first-order chi connectivity index (χ1) is 8.63. The predicted octanol–water partition coefficient (Wildman–Crippen LogP) is 2.16. The van der Waals surface area contributed by atoms with Gasteiger partial charge in [0.15, 0.2) is 0 Å². The molecule has 1 aromatic rings. The van der Waals surface area contributed by atoms with Crippen LogP contribution in [0.25, 0.3) is 0 Å². The summed E-state index contributed by atoms with van der Waals surface area (Å²) >= 11 is 3.21. The van der Waals surface area contributed by atoms with E-state index in [1.807, 2.05) is 4.90 Å². The highest BCUT2D eigenvalue weighted by Gasteiger charge is 2.35. The number of likely N-dealkylation sites (tertiary alicyclic amines) is 1. The molecule has 4 nitrogen and oxygen atoms in total. The minimum absolute atomic E-state index is 0.0296. The molecule has 1 N–H and O–H groups in total. The second kappa shape index (κ2) is 4.55. The van der Waals surface area contributed by atoms with Crippen molar-refractivity contribution in [3.63, 3.8) is 0 Å². The van der Waals surface area contributed by atoms with Gasteiger partial charge in [0.1, 0.15) is 5.75 Å². The molecule has 2 unspecified atom stereocenters. The molecule has 1 aromatic carbocycles. The van der Waals surface area contributed by atoms with Gasteiger partial charge in [0.2, 0.25) is 0 Å². The fourth-order valence-corrected chi connectivity index (χ4v) is 2.86. The van der Waals surface area contributed by atoms with E-state index in [0.717, 1.165) is 12.8 Å². The Hall–Kier alpha value is -1.07. The van der Waals surface area contributed by atoms with Gasteiger partial charge in [-0.25, -0.2) is 0 Å². The van der Waals surface area contributed by atoms with Gasteiger partial charge in [0, 0.05) is 18.7 Å². The SMILES string of the molecule is O=C(c1ccc(Br)c(O)c1)N1CC2CCC(C1)O2. The number of ether oxygens (including phenoxy) is 1. The molecule has 2 fully saturated rings. The molecule has 0 saturated carbocycles. The Morgan fingerprint density at radius 1 is 1.33 bits per heavy atom. The van der Waals surface area contributed by atoms with Crippen molar-refractivity contribution in [1.29, 1.82) is 0 Å². The van der Waals surface area contributed by atoms with Crippen molar-refractivity contribution in [3.05, 3.63) is 28.2 Å². The average Bonchev–Trinajstić information content (AvgIpc) is 2.71. The number of rotatable bonds is 1. The largest absolute Gasteiger partial charge is 0.507 e. The van der Waals surface area contributed by atoms with Crippen molar-refractivity contribution < 1.29 is 14.6 Å². The standard InChI is InChI=1S/C13H14BrNO3/c14-11-4-1-8(5-12(11)16)13(17)15-6-9-2-3-10(7-15)18-9/h1,4-5,9-10,16H,2-3,6-7H2. The quantitative estimate of drug-likeness (QED) is 0.864. The lowest BCUT2D eigenvalue weighted by molar-refractivity contribution is -0.0303. The van der Waals surface area contributed by atoms with Crippen LogP contribution in [0, 0.1) is 0 Å². The van der Waals surface area contributed by atoms with Crippen molar-refractivity contribution >= 4 is 21.8 Å². The van der Waals surface area contributed by atoms with Crippen LogP contribution in [0.15, 0.2) is 22.7 Å². The number of phenols is 1. The summed E-state index contributed by atoms with van der Waals surface area (Å²) in [5.74, 6) is 0.0649. The van der Waals surface area contributed by atoms with Gasteiger partial charge >= 0.3 is 0 Å². The molecule has 0 spiro atoms. The summed E-state index contributed by atoms with van der Waals surface area (Å²) in [7, 11) is 0. The molecule has 96 valence electrons. The molecule has 3 rings (SSSR count). The second-order valence-corrected chi connectivity index (χ2v) is 5.69. The maximum atomic E-state index is 12.3. The number of benzene rings is 1. The minimum atomic E-state index is -0.0296. The Labute approximate surface area is 114 Å². The zero-order valence-electron chi connectivity index (χ0n) is 9.80. The molecule has 18 heavy (non-hydrogen) atoms. The van der Waals surface area contributed by atoms with Crippen molar-refractivity contribution in [2.45, 2.75) is 25.0 Å². The van der Waals surface area contributed by atoms with Crippen LogP contribution in [0.4, 0.5) is 0 Å². The van der Waals surface area contributed by atoms with E-state index in [1.54, 1.807) is 12.1 Å². The molecule has 2 atom stereocenters. The number of hydrogen-bond acceptors (Lipinski definition) is 3. The first kappa shape index (κ1) is 12.0. The fourth-order valence-electron chi connectivity index (χ4n) is 2.61. The number of carbonyl (C=O) groups excluding carboxylic acids is 1. The minimum Gasteiger partial charge on any atom is -0.507 e. The van der Waals surface area contributed by atoms with Crippen molar-refractivity contribution in [3.8, 4) is 5.75 Å². The van der Waals surface area contributed by atoms with Crippen molar-refractivity contribution in [1.82, 2.24) is 4.90 Å². The normalized spacial score (nSPS) is 26.4. The summed E-state index contributed by atoms with van der Waals surface area (Å²) in [6.07, 6.45) is 2.47. The third-order valence-corrected chi connectivity index (χ3v) is 4.19. The molecular formula is C13H14BrNO3. The van der Waals surface area contributed by atoms with Gasteiger partial charge in [0.05, 0.1) is 16.7 Å². The molecule has 0 aromatic heterocycles. The molecule has 0 aliphatic carbocycles. The second-order valence-electron chi connectivity index (χ2n) is 4.83. The van der Waals surface area contributed by atoms with Crippen LogP contribution in [-0.4, -0.2) is 41.2 Å². The van der Waals surface area contributed by atoms with E-state index in [-0.39, 0.29) is 23.9 Å². The summed E-state index contributed by atoms with van der Waals surface area (Å²) in [4.78, 5) is 14.2. The van der Waals surface area contributed by atoms with Gasteiger partial charge < -0.3 is 14.7 Å². The van der Waals surface area contributed by atoms with Crippen LogP contribution in [-0.2, 0) is 4.74 Å². The maximum Gasteiger partial charge on any atom is 0.254 e. The first-order valence-corrected chi connectivity index (χ1v) is 6.86. The van der Waals surface area contributed by atoms with E-state index in [2.05, 4.69) is 15.9 Å².